The fourth-order valence-electron chi connectivity index (χ4n) is 2.82. The molecule has 0 aliphatic carbocycles. The van der Waals surface area contributed by atoms with Gasteiger partial charge in [-0.1, -0.05) is 12.1 Å². The van der Waals surface area contributed by atoms with E-state index in [0.717, 1.165) is 25.4 Å². The standard InChI is InChI=1S/C16H22N4O2/c1-4-20-10-13(22-15-8-6-5-7-14(15)20)9-19(3)11-16-18-17-12(2)21-16/h5-8,13H,4,9-11H2,1-3H3/t13-/m1/s1. The number of para-hydroxylation sites is 2. The molecule has 1 aromatic carbocycles. The average molecular weight is 302 g/mol. The van der Waals surface area contributed by atoms with Gasteiger partial charge < -0.3 is 14.1 Å². The SMILES string of the molecule is CCN1C[C@@H](CN(C)Cc2nnc(C)o2)Oc2ccccc21. The molecule has 0 unspecified atom stereocenters. The molecule has 0 saturated heterocycles. The molecule has 3 rings (SSSR count). The lowest BCUT2D eigenvalue weighted by Crippen LogP contribution is -2.45. The molecule has 0 fully saturated rings. The van der Waals surface area contributed by atoms with Crippen LogP contribution in [0.25, 0.3) is 0 Å². The minimum atomic E-state index is 0.129. The van der Waals surface area contributed by atoms with E-state index in [1.807, 2.05) is 19.2 Å². The van der Waals surface area contributed by atoms with Crippen LogP contribution in [0.15, 0.2) is 28.7 Å². The van der Waals surface area contributed by atoms with E-state index in [2.05, 4.69) is 39.1 Å². The Morgan fingerprint density at radius 1 is 1.32 bits per heavy atom. The molecule has 118 valence electrons. The van der Waals surface area contributed by atoms with Crippen LogP contribution >= 0.6 is 0 Å². The van der Waals surface area contributed by atoms with Crippen molar-refractivity contribution in [3.8, 4) is 5.75 Å². The fraction of sp³-hybridized carbons (Fsp3) is 0.500. The molecule has 22 heavy (non-hydrogen) atoms. The highest BCUT2D eigenvalue weighted by molar-refractivity contribution is 5.60. The van der Waals surface area contributed by atoms with E-state index in [9.17, 15) is 0 Å². The van der Waals surface area contributed by atoms with Crippen molar-refractivity contribution in [2.24, 2.45) is 0 Å². The molecule has 1 atom stereocenters. The number of ether oxygens (including phenoxy) is 1. The molecule has 1 aliphatic heterocycles. The van der Waals surface area contributed by atoms with Crippen molar-refractivity contribution >= 4 is 5.69 Å². The van der Waals surface area contributed by atoms with Crippen molar-refractivity contribution in [2.75, 3.05) is 31.6 Å². The van der Waals surface area contributed by atoms with Gasteiger partial charge in [-0.05, 0) is 26.1 Å². The number of benzene rings is 1. The average Bonchev–Trinajstić information content (AvgIpc) is 2.91. The number of rotatable bonds is 5. The maximum absolute atomic E-state index is 6.13. The van der Waals surface area contributed by atoms with Gasteiger partial charge in [-0.25, -0.2) is 0 Å². The second-order valence-corrected chi connectivity index (χ2v) is 5.66. The Bertz CT molecular complexity index is 628. The number of anilines is 1. The Morgan fingerprint density at radius 3 is 2.86 bits per heavy atom. The Hall–Kier alpha value is -2.08. The molecule has 2 heterocycles. The van der Waals surface area contributed by atoms with Crippen LogP contribution in [-0.4, -0.2) is 47.9 Å². The maximum atomic E-state index is 6.13. The summed E-state index contributed by atoms with van der Waals surface area (Å²) < 4.78 is 11.6. The van der Waals surface area contributed by atoms with E-state index < -0.39 is 0 Å². The molecule has 6 heteroatoms. The fourth-order valence-corrected chi connectivity index (χ4v) is 2.82. The smallest absolute Gasteiger partial charge is 0.230 e. The first kappa shape index (κ1) is 14.8. The molecule has 2 aromatic rings. The van der Waals surface area contributed by atoms with Gasteiger partial charge in [0.1, 0.15) is 11.9 Å². The van der Waals surface area contributed by atoms with Crippen molar-refractivity contribution in [3.05, 3.63) is 36.0 Å². The topological polar surface area (TPSA) is 54.6 Å². The van der Waals surface area contributed by atoms with Gasteiger partial charge in [0, 0.05) is 20.0 Å². The molecule has 1 aliphatic rings. The third kappa shape index (κ3) is 3.22. The number of aryl methyl sites for hydroxylation is 1. The van der Waals surface area contributed by atoms with E-state index in [1.165, 1.54) is 5.69 Å². The van der Waals surface area contributed by atoms with E-state index in [4.69, 9.17) is 9.15 Å². The molecule has 0 bridgehead atoms. The summed E-state index contributed by atoms with van der Waals surface area (Å²) in [7, 11) is 2.04. The number of likely N-dealkylation sites (N-methyl/N-ethyl adjacent to an activating group) is 2. The highest BCUT2D eigenvalue weighted by Gasteiger charge is 2.25. The summed E-state index contributed by atoms with van der Waals surface area (Å²) >= 11 is 0. The number of hydrogen-bond acceptors (Lipinski definition) is 6. The Balaban J connectivity index is 1.64. The first-order valence-electron chi connectivity index (χ1n) is 7.64. The van der Waals surface area contributed by atoms with Gasteiger partial charge in [0.15, 0.2) is 0 Å². The van der Waals surface area contributed by atoms with E-state index in [1.54, 1.807) is 6.92 Å². The molecule has 6 nitrogen and oxygen atoms in total. The van der Waals surface area contributed by atoms with Crippen molar-refractivity contribution in [1.82, 2.24) is 15.1 Å². The van der Waals surface area contributed by atoms with Gasteiger partial charge in [-0.15, -0.1) is 10.2 Å². The third-order valence-corrected chi connectivity index (χ3v) is 3.79. The van der Waals surface area contributed by atoms with Crippen LogP contribution in [0.4, 0.5) is 5.69 Å². The van der Waals surface area contributed by atoms with Crippen molar-refractivity contribution in [3.63, 3.8) is 0 Å². The highest BCUT2D eigenvalue weighted by Crippen LogP contribution is 2.32. The number of hydrogen-bond donors (Lipinski definition) is 0. The molecular formula is C16H22N4O2. The van der Waals surface area contributed by atoms with Crippen LogP contribution in [0, 0.1) is 6.92 Å². The minimum absolute atomic E-state index is 0.129. The Kier molecular flexibility index (Phi) is 4.29. The van der Waals surface area contributed by atoms with Crippen molar-refractivity contribution in [1.29, 1.82) is 0 Å². The third-order valence-electron chi connectivity index (χ3n) is 3.79. The molecule has 0 N–H and O–H groups in total. The molecular weight excluding hydrogens is 280 g/mol. The quantitative estimate of drug-likeness (QED) is 0.843. The highest BCUT2D eigenvalue weighted by atomic mass is 16.5. The second kappa shape index (κ2) is 6.36. The lowest BCUT2D eigenvalue weighted by molar-refractivity contribution is 0.134. The summed E-state index contributed by atoms with van der Waals surface area (Å²) in [6.45, 7) is 7.28. The number of nitrogens with zero attached hydrogens (tertiary/aromatic N) is 4. The van der Waals surface area contributed by atoms with Crippen LogP contribution in [0.2, 0.25) is 0 Å². The van der Waals surface area contributed by atoms with Crippen molar-refractivity contribution < 1.29 is 9.15 Å². The molecule has 0 spiro atoms. The summed E-state index contributed by atoms with van der Waals surface area (Å²) in [4.78, 5) is 4.51. The van der Waals surface area contributed by atoms with Crippen LogP contribution < -0.4 is 9.64 Å². The van der Waals surface area contributed by atoms with Crippen molar-refractivity contribution in [2.45, 2.75) is 26.5 Å². The Morgan fingerprint density at radius 2 is 2.14 bits per heavy atom. The van der Waals surface area contributed by atoms with E-state index in [-0.39, 0.29) is 6.10 Å². The summed E-state index contributed by atoms with van der Waals surface area (Å²) in [5, 5.41) is 7.90. The van der Waals surface area contributed by atoms with E-state index in [0.29, 0.717) is 18.3 Å². The maximum Gasteiger partial charge on any atom is 0.230 e. The van der Waals surface area contributed by atoms with Gasteiger partial charge in [-0.2, -0.15) is 0 Å². The first-order chi connectivity index (χ1) is 10.7. The largest absolute Gasteiger partial charge is 0.485 e. The van der Waals surface area contributed by atoms with E-state index >= 15 is 0 Å². The van der Waals surface area contributed by atoms with Crippen LogP contribution in [0.1, 0.15) is 18.7 Å². The molecule has 1 aromatic heterocycles. The zero-order valence-electron chi connectivity index (χ0n) is 13.3. The summed E-state index contributed by atoms with van der Waals surface area (Å²) in [6.07, 6.45) is 0.129. The predicted molar refractivity (Wildman–Crippen MR) is 84.1 cm³/mol. The normalized spacial score (nSPS) is 17.5. The summed E-state index contributed by atoms with van der Waals surface area (Å²) in [5.74, 6) is 2.20. The number of fused-ring (bicyclic) bond motifs is 1. The van der Waals surface area contributed by atoms with Crippen LogP contribution in [0.3, 0.4) is 0 Å². The van der Waals surface area contributed by atoms with Gasteiger partial charge >= 0.3 is 0 Å². The van der Waals surface area contributed by atoms with Crippen LogP contribution in [0.5, 0.6) is 5.75 Å². The lowest BCUT2D eigenvalue weighted by atomic mass is 10.2. The zero-order chi connectivity index (χ0) is 15.5. The van der Waals surface area contributed by atoms with Crippen LogP contribution in [-0.2, 0) is 6.54 Å². The zero-order valence-corrected chi connectivity index (χ0v) is 13.3. The predicted octanol–water partition coefficient (Wildman–Crippen LogP) is 2.10. The number of aromatic nitrogens is 2. The van der Waals surface area contributed by atoms with Gasteiger partial charge in [0.05, 0.1) is 18.8 Å². The lowest BCUT2D eigenvalue weighted by Gasteiger charge is -2.37. The summed E-state index contributed by atoms with van der Waals surface area (Å²) in [5.41, 5.74) is 1.18. The Labute approximate surface area is 130 Å². The van der Waals surface area contributed by atoms with Gasteiger partial charge in [0.2, 0.25) is 11.8 Å². The molecule has 0 amide bonds. The first-order valence-corrected chi connectivity index (χ1v) is 7.64. The second-order valence-electron chi connectivity index (χ2n) is 5.66. The molecule has 0 saturated carbocycles. The van der Waals surface area contributed by atoms with Gasteiger partial charge in [0.25, 0.3) is 0 Å². The molecule has 0 radical (unpaired) electrons. The minimum Gasteiger partial charge on any atom is -0.485 e. The summed E-state index contributed by atoms with van der Waals surface area (Å²) in [6, 6.07) is 8.21. The van der Waals surface area contributed by atoms with Gasteiger partial charge in [-0.3, -0.25) is 4.90 Å². The monoisotopic (exact) mass is 302 g/mol.